The Labute approximate surface area is 182 Å². The van der Waals surface area contributed by atoms with E-state index in [9.17, 15) is 18.0 Å². The quantitative estimate of drug-likeness (QED) is 0.357. The Morgan fingerprint density at radius 3 is 2.56 bits per heavy atom. The number of nitrogens with zero attached hydrogens (tertiary/aromatic N) is 2. The van der Waals surface area contributed by atoms with Crippen LogP contribution in [0, 0.1) is 0 Å². The number of hydrogen-bond acceptors (Lipinski definition) is 4. The average molecular weight is 440 g/mol. The van der Waals surface area contributed by atoms with Crippen LogP contribution in [-0.4, -0.2) is 22.2 Å². The number of rotatable bonds is 6. The number of aromatic nitrogens is 2. The molecular formula is C24H19F3N2O3. The van der Waals surface area contributed by atoms with Crippen LogP contribution in [0.15, 0.2) is 72.8 Å². The summed E-state index contributed by atoms with van der Waals surface area (Å²) in [5, 5.41) is 4.44. The van der Waals surface area contributed by atoms with E-state index >= 15 is 0 Å². The maximum atomic E-state index is 12.9. The van der Waals surface area contributed by atoms with E-state index in [0.29, 0.717) is 11.1 Å². The van der Waals surface area contributed by atoms with Crippen molar-refractivity contribution in [2.75, 3.05) is 6.61 Å². The molecule has 164 valence electrons. The van der Waals surface area contributed by atoms with Gasteiger partial charge in [-0.3, -0.25) is 0 Å². The molecule has 0 atom stereocenters. The molecule has 8 heteroatoms. The molecule has 0 bridgehead atoms. The molecule has 4 rings (SSSR count). The van der Waals surface area contributed by atoms with Gasteiger partial charge >= 0.3 is 12.1 Å². The van der Waals surface area contributed by atoms with Gasteiger partial charge in [0.25, 0.3) is 0 Å². The van der Waals surface area contributed by atoms with Crippen LogP contribution in [0.4, 0.5) is 13.2 Å². The van der Waals surface area contributed by atoms with E-state index in [1.54, 1.807) is 41.8 Å². The van der Waals surface area contributed by atoms with Crippen molar-refractivity contribution in [1.29, 1.82) is 0 Å². The van der Waals surface area contributed by atoms with Crippen molar-refractivity contribution in [3.05, 3.63) is 89.5 Å². The van der Waals surface area contributed by atoms with Crippen molar-refractivity contribution < 1.29 is 27.4 Å². The minimum Gasteiger partial charge on any atom is -0.472 e. The second-order valence-electron chi connectivity index (χ2n) is 7.02. The molecule has 0 N–H and O–H groups in total. The number of ether oxygens (including phenoxy) is 2. The number of fused-ring (bicyclic) bond motifs is 1. The molecule has 0 amide bonds. The maximum Gasteiger partial charge on any atom is 0.416 e. The second kappa shape index (κ2) is 8.74. The normalized spacial score (nSPS) is 11.5. The van der Waals surface area contributed by atoms with Crippen LogP contribution < -0.4 is 4.74 Å². The van der Waals surface area contributed by atoms with Gasteiger partial charge in [-0.25, -0.2) is 9.31 Å². The summed E-state index contributed by atoms with van der Waals surface area (Å²) in [6.07, 6.45) is -4.41. The van der Waals surface area contributed by atoms with E-state index in [0.717, 1.165) is 28.9 Å². The van der Waals surface area contributed by atoms with E-state index in [1.807, 2.05) is 24.3 Å². The fourth-order valence-corrected chi connectivity index (χ4v) is 3.30. The summed E-state index contributed by atoms with van der Waals surface area (Å²) < 4.78 is 51.1. The lowest BCUT2D eigenvalue weighted by Gasteiger charge is -2.09. The Balaban J connectivity index is 1.59. The molecule has 0 aliphatic carbocycles. The summed E-state index contributed by atoms with van der Waals surface area (Å²) in [4.78, 5) is 12.1. The number of pyridine rings is 1. The number of carbonyl (C=O) groups excluding carboxylic acids is 1. The molecule has 0 unspecified atom stereocenters. The van der Waals surface area contributed by atoms with Crippen LogP contribution in [0.3, 0.4) is 0 Å². The molecule has 0 aliphatic rings. The molecule has 0 aliphatic heterocycles. The predicted molar refractivity (Wildman–Crippen MR) is 112 cm³/mol. The van der Waals surface area contributed by atoms with Gasteiger partial charge in [0.05, 0.1) is 28.9 Å². The average Bonchev–Trinajstić information content (AvgIpc) is 3.21. The third-order valence-corrected chi connectivity index (χ3v) is 4.77. The molecule has 5 nitrogen and oxygen atoms in total. The Morgan fingerprint density at radius 2 is 1.78 bits per heavy atom. The first-order valence-corrected chi connectivity index (χ1v) is 9.90. The predicted octanol–water partition coefficient (Wildman–Crippen LogP) is 5.78. The zero-order valence-corrected chi connectivity index (χ0v) is 17.1. The zero-order valence-electron chi connectivity index (χ0n) is 17.1. The van der Waals surface area contributed by atoms with Gasteiger partial charge < -0.3 is 9.47 Å². The largest absolute Gasteiger partial charge is 0.472 e. The van der Waals surface area contributed by atoms with Crippen molar-refractivity contribution >= 4 is 11.5 Å². The highest BCUT2D eigenvalue weighted by Crippen LogP contribution is 2.30. The molecule has 2 aromatic carbocycles. The summed E-state index contributed by atoms with van der Waals surface area (Å²) in [5.41, 5.74) is 2.31. The summed E-state index contributed by atoms with van der Waals surface area (Å²) in [6, 6.07) is 19.2. The summed E-state index contributed by atoms with van der Waals surface area (Å²) in [7, 11) is 0. The summed E-state index contributed by atoms with van der Waals surface area (Å²) >= 11 is 0. The topological polar surface area (TPSA) is 52.8 Å². The van der Waals surface area contributed by atoms with Crippen LogP contribution in [0.5, 0.6) is 5.88 Å². The van der Waals surface area contributed by atoms with Crippen molar-refractivity contribution in [1.82, 2.24) is 9.61 Å². The van der Waals surface area contributed by atoms with Crippen LogP contribution in [0.2, 0.25) is 0 Å². The standard InChI is InChI=1S/C24H19F3N2O3/c1-2-31-23(30)18-8-4-7-17(13-18)21-11-5-10-20-14-22(28-29(20)21)32-15-16-6-3-9-19(12-16)24(25,26)27/h3-14H,2,15H2,1H3. The SMILES string of the molecule is CCOC(=O)c1cccc(-c2cccc3cc(OCc4cccc(C(F)(F)F)c4)nn23)c1. The van der Waals surface area contributed by atoms with Gasteiger partial charge in [-0.15, -0.1) is 5.10 Å². The van der Waals surface area contributed by atoms with Gasteiger partial charge in [0.1, 0.15) is 6.61 Å². The van der Waals surface area contributed by atoms with E-state index < -0.39 is 17.7 Å². The number of esters is 1. The molecule has 0 fully saturated rings. The molecular weight excluding hydrogens is 421 g/mol. The Bertz CT molecular complexity index is 1260. The highest BCUT2D eigenvalue weighted by atomic mass is 19.4. The van der Waals surface area contributed by atoms with E-state index in [-0.39, 0.29) is 19.1 Å². The van der Waals surface area contributed by atoms with Crippen LogP contribution in [-0.2, 0) is 17.5 Å². The zero-order chi connectivity index (χ0) is 22.7. The minimum absolute atomic E-state index is 0.0541. The first-order chi connectivity index (χ1) is 15.3. The fourth-order valence-electron chi connectivity index (χ4n) is 3.30. The second-order valence-corrected chi connectivity index (χ2v) is 7.02. The molecule has 0 spiro atoms. The van der Waals surface area contributed by atoms with E-state index in [4.69, 9.17) is 9.47 Å². The summed E-state index contributed by atoms with van der Waals surface area (Å²) in [5.74, 6) is -0.136. The van der Waals surface area contributed by atoms with Gasteiger partial charge in [-0.2, -0.15) is 13.2 Å². The number of alkyl halides is 3. The van der Waals surface area contributed by atoms with Crippen LogP contribution in [0.1, 0.15) is 28.4 Å². The third kappa shape index (κ3) is 4.59. The maximum absolute atomic E-state index is 12.9. The Hall–Kier alpha value is -3.81. The minimum atomic E-state index is -4.41. The number of carbonyl (C=O) groups is 1. The number of halogens is 3. The molecule has 4 aromatic rings. The van der Waals surface area contributed by atoms with E-state index in [1.165, 1.54) is 6.07 Å². The Morgan fingerprint density at radius 1 is 1.00 bits per heavy atom. The number of hydrogen-bond donors (Lipinski definition) is 0. The molecule has 32 heavy (non-hydrogen) atoms. The van der Waals surface area contributed by atoms with Gasteiger partial charge in [-0.05, 0) is 48.9 Å². The fraction of sp³-hybridized carbons (Fsp3) is 0.167. The van der Waals surface area contributed by atoms with Crippen LogP contribution in [0.25, 0.3) is 16.8 Å². The van der Waals surface area contributed by atoms with Gasteiger partial charge in [0.2, 0.25) is 5.88 Å². The molecule has 0 radical (unpaired) electrons. The Kier molecular flexibility index (Phi) is 5.85. The third-order valence-electron chi connectivity index (χ3n) is 4.77. The summed E-state index contributed by atoms with van der Waals surface area (Å²) in [6.45, 7) is 1.97. The lowest BCUT2D eigenvalue weighted by molar-refractivity contribution is -0.137. The smallest absolute Gasteiger partial charge is 0.416 e. The highest BCUT2D eigenvalue weighted by molar-refractivity contribution is 5.91. The highest BCUT2D eigenvalue weighted by Gasteiger charge is 2.30. The van der Waals surface area contributed by atoms with Crippen molar-refractivity contribution in [3.63, 3.8) is 0 Å². The monoisotopic (exact) mass is 440 g/mol. The van der Waals surface area contributed by atoms with Gasteiger partial charge in [0, 0.05) is 11.6 Å². The first kappa shape index (κ1) is 21.4. The van der Waals surface area contributed by atoms with E-state index in [2.05, 4.69) is 5.10 Å². The number of benzene rings is 2. The molecule has 0 saturated heterocycles. The van der Waals surface area contributed by atoms with Crippen molar-refractivity contribution in [2.45, 2.75) is 19.7 Å². The molecule has 0 saturated carbocycles. The molecule has 2 heterocycles. The first-order valence-electron chi connectivity index (χ1n) is 9.90. The lowest BCUT2D eigenvalue weighted by atomic mass is 10.1. The molecule has 2 aromatic heterocycles. The van der Waals surface area contributed by atoms with Gasteiger partial charge in [-0.1, -0.05) is 30.3 Å². The van der Waals surface area contributed by atoms with Crippen molar-refractivity contribution in [3.8, 4) is 17.1 Å². The van der Waals surface area contributed by atoms with Crippen LogP contribution >= 0.6 is 0 Å². The van der Waals surface area contributed by atoms with Gasteiger partial charge in [0.15, 0.2) is 0 Å². The lowest BCUT2D eigenvalue weighted by Crippen LogP contribution is -2.06. The van der Waals surface area contributed by atoms with Crippen molar-refractivity contribution in [2.24, 2.45) is 0 Å².